The highest BCUT2D eigenvalue weighted by molar-refractivity contribution is 9.10. The Morgan fingerprint density at radius 1 is 1.39 bits per heavy atom. The van der Waals surface area contributed by atoms with Crippen molar-refractivity contribution in [2.75, 3.05) is 6.54 Å². The number of aliphatic carboxylic acids is 1. The van der Waals surface area contributed by atoms with Gasteiger partial charge in [0.2, 0.25) is 0 Å². The van der Waals surface area contributed by atoms with Gasteiger partial charge >= 0.3 is 5.97 Å². The number of halogens is 1. The average molecular weight is 314 g/mol. The van der Waals surface area contributed by atoms with Crippen LogP contribution >= 0.6 is 15.9 Å². The van der Waals surface area contributed by atoms with E-state index in [0.717, 1.165) is 5.56 Å². The van der Waals surface area contributed by atoms with Crippen molar-refractivity contribution in [1.82, 2.24) is 4.90 Å². The normalized spacial score (nSPS) is 10.5. The van der Waals surface area contributed by atoms with E-state index in [9.17, 15) is 9.59 Å². The van der Waals surface area contributed by atoms with Crippen molar-refractivity contribution in [3.05, 3.63) is 33.8 Å². The van der Waals surface area contributed by atoms with Crippen LogP contribution in [0, 0.1) is 6.92 Å². The molecule has 0 saturated carbocycles. The summed E-state index contributed by atoms with van der Waals surface area (Å²) in [6.07, 6.45) is 0. The summed E-state index contributed by atoms with van der Waals surface area (Å²) < 4.78 is 0.675. The maximum absolute atomic E-state index is 12.3. The van der Waals surface area contributed by atoms with Crippen LogP contribution < -0.4 is 0 Å². The van der Waals surface area contributed by atoms with E-state index in [4.69, 9.17) is 5.11 Å². The molecule has 0 unspecified atom stereocenters. The molecule has 1 amide bonds. The molecule has 98 valence electrons. The van der Waals surface area contributed by atoms with Crippen molar-refractivity contribution in [2.45, 2.75) is 26.8 Å². The minimum atomic E-state index is -1.01. The first-order chi connectivity index (χ1) is 8.32. The Kier molecular flexibility index (Phi) is 4.90. The second kappa shape index (κ2) is 6.00. The number of carboxylic acids is 1. The third kappa shape index (κ3) is 3.57. The van der Waals surface area contributed by atoms with E-state index in [0.29, 0.717) is 10.0 Å². The van der Waals surface area contributed by atoms with E-state index >= 15 is 0 Å². The predicted octanol–water partition coefficient (Wildman–Crippen LogP) is 2.69. The van der Waals surface area contributed by atoms with Crippen molar-refractivity contribution in [1.29, 1.82) is 0 Å². The zero-order chi connectivity index (χ0) is 13.9. The summed E-state index contributed by atoms with van der Waals surface area (Å²) in [5.74, 6) is -1.29. The van der Waals surface area contributed by atoms with Gasteiger partial charge < -0.3 is 10.0 Å². The molecule has 5 heteroatoms. The third-order valence-corrected chi connectivity index (χ3v) is 3.23. The lowest BCUT2D eigenvalue weighted by atomic mass is 10.1. The molecule has 0 aliphatic heterocycles. The molecule has 0 aliphatic carbocycles. The molecule has 0 fully saturated rings. The molecule has 1 N–H and O–H groups in total. The summed E-state index contributed by atoms with van der Waals surface area (Å²) >= 11 is 3.32. The maximum Gasteiger partial charge on any atom is 0.323 e. The molecule has 0 spiro atoms. The number of hydrogen-bond donors (Lipinski definition) is 1. The van der Waals surface area contributed by atoms with E-state index < -0.39 is 5.97 Å². The summed E-state index contributed by atoms with van der Waals surface area (Å²) in [7, 11) is 0. The highest BCUT2D eigenvalue weighted by atomic mass is 79.9. The smallest absolute Gasteiger partial charge is 0.323 e. The number of rotatable bonds is 4. The van der Waals surface area contributed by atoms with Gasteiger partial charge in [0.05, 0.1) is 5.56 Å². The standard InChI is InChI=1S/C13H16BrNO3/c1-8(2)15(7-12(16)17)13(18)10-6-9(3)4-5-11(10)14/h4-6,8H,7H2,1-3H3,(H,16,17). The molecule has 0 aromatic heterocycles. The highest BCUT2D eigenvalue weighted by Gasteiger charge is 2.22. The van der Waals surface area contributed by atoms with Crippen LogP contribution in [0.15, 0.2) is 22.7 Å². The molecule has 0 heterocycles. The van der Waals surface area contributed by atoms with E-state index in [1.54, 1.807) is 26.0 Å². The van der Waals surface area contributed by atoms with Crippen molar-refractivity contribution < 1.29 is 14.7 Å². The van der Waals surface area contributed by atoms with Crippen LogP contribution in [-0.4, -0.2) is 34.5 Å². The quantitative estimate of drug-likeness (QED) is 0.929. The van der Waals surface area contributed by atoms with Crippen LogP contribution in [0.4, 0.5) is 0 Å². The predicted molar refractivity (Wildman–Crippen MR) is 72.7 cm³/mol. The zero-order valence-electron chi connectivity index (χ0n) is 10.6. The average Bonchev–Trinajstić information content (AvgIpc) is 2.27. The molecule has 18 heavy (non-hydrogen) atoms. The molecular formula is C13H16BrNO3. The van der Waals surface area contributed by atoms with Gasteiger partial charge in [-0.05, 0) is 48.8 Å². The van der Waals surface area contributed by atoms with Crippen molar-refractivity contribution in [3.63, 3.8) is 0 Å². The number of benzene rings is 1. The third-order valence-electron chi connectivity index (χ3n) is 2.54. The van der Waals surface area contributed by atoms with Gasteiger partial charge in [-0.1, -0.05) is 11.6 Å². The maximum atomic E-state index is 12.3. The topological polar surface area (TPSA) is 57.6 Å². The fourth-order valence-electron chi connectivity index (χ4n) is 1.59. The van der Waals surface area contributed by atoms with Gasteiger partial charge in [-0.15, -0.1) is 0 Å². The van der Waals surface area contributed by atoms with Gasteiger partial charge in [-0.25, -0.2) is 0 Å². The van der Waals surface area contributed by atoms with E-state index in [1.807, 2.05) is 13.0 Å². The first-order valence-electron chi connectivity index (χ1n) is 5.62. The van der Waals surface area contributed by atoms with Gasteiger partial charge in [0.15, 0.2) is 0 Å². The summed E-state index contributed by atoms with van der Waals surface area (Å²) in [4.78, 5) is 24.5. The summed E-state index contributed by atoms with van der Waals surface area (Å²) in [5.41, 5.74) is 1.45. The minimum Gasteiger partial charge on any atom is -0.480 e. The van der Waals surface area contributed by atoms with Gasteiger partial charge in [-0.3, -0.25) is 9.59 Å². The van der Waals surface area contributed by atoms with Crippen molar-refractivity contribution >= 4 is 27.8 Å². The van der Waals surface area contributed by atoms with E-state index in [-0.39, 0.29) is 18.5 Å². The number of carboxylic acid groups (broad SMARTS) is 1. The van der Waals surface area contributed by atoms with Crippen LogP contribution in [0.2, 0.25) is 0 Å². The molecule has 1 aromatic carbocycles. The number of hydrogen-bond acceptors (Lipinski definition) is 2. The van der Waals surface area contributed by atoms with Crippen LogP contribution in [0.3, 0.4) is 0 Å². The first-order valence-corrected chi connectivity index (χ1v) is 6.41. The zero-order valence-corrected chi connectivity index (χ0v) is 12.2. The lowest BCUT2D eigenvalue weighted by Crippen LogP contribution is -2.40. The Hall–Kier alpha value is -1.36. The molecule has 0 aliphatic rings. The number of nitrogens with zero attached hydrogens (tertiary/aromatic N) is 1. The number of aryl methyl sites for hydroxylation is 1. The van der Waals surface area contributed by atoms with Crippen LogP contribution in [0.25, 0.3) is 0 Å². The van der Waals surface area contributed by atoms with Gasteiger partial charge in [0.1, 0.15) is 6.54 Å². The Balaban J connectivity index is 3.09. The SMILES string of the molecule is Cc1ccc(Br)c(C(=O)N(CC(=O)O)C(C)C)c1. The summed E-state index contributed by atoms with van der Waals surface area (Å²) in [5, 5.41) is 8.85. The second-order valence-electron chi connectivity index (χ2n) is 4.40. The molecule has 1 aromatic rings. The highest BCUT2D eigenvalue weighted by Crippen LogP contribution is 2.20. The second-order valence-corrected chi connectivity index (χ2v) is 5.26. The molecule has 4 nitrogen and oxygen atoms in total. The molecule has 0 atom stereocenters. The van der Waals surface area contributed by atoms with Gasteiger partial charge in [-0.2, -0.15) is 0 Å². The Morgan fingerprint density at radius 3 is 2.50 bits per heavy atom. The van der Waals surface area contributed by atoms with Crippen LogP contribution in [-0.2, 0) is 4.79 Å². The number of carbonyl (C=O) groups is 2. The monoisotopic (exact) mass is 313 g/mol. The minimum absolute atomic E-state index is 0.166. The van der Waals surface area contributed by atoms with Gasteiger partial charge in [0, 0.05) is 10.5 Å². The molecular weight excluding hydrogens is 298 g/mol. The largest absolute Gasteiger partial charge is 0.480 e. The molecule has 0 saturated heterocycles. The summed E-state index contributed by atoms with van der Waals surface area (Å²) in [6.45, 7) is 5.19. The lowest BCUT2D eigenvalue weighted by molar-refractivity contribution is -0.138. The van der Waals surface area contributed by atoms with Gasteiger partial charge in [0.25, 0.3) is 5.91 Å². The lowest BCUT2D eigenvalue weighted by Gasteiger charge is -2.25. The van der Waals surface area contributed by atoms with Crippen LogP contribution in [0.5, 0.6) is 0 Å². The Bertz CT molecular complexity index is 471. The summed E-state index contributed by atoms with van der Waals surface area (Å²) in [6, 6.07) is 5.27. The van der Waals surface area contributed by atoms with Crippen molar-refractivity contribution in [3.8, 4) is 0 Å². The molecule has 0 bridgehead atoms. The number of amides is 1. The molecule has 1 rings (SSSR count). The Labute approximate surface area is 115 Å². The fraction of sp³-hybridized carbons (Fsp3) is 0.385. The van der Waals surface area contributed by atoms with Crippen LogP contribution in [0.1, 0.15) is 29.8 Å². The fourth-order valence-corrected chi connectivity index (χ4v) is 2.01. The number of carbonyl (C=O) groups excluding carboxylic acids is 1. The molecule has 0 radical (unpaired) electrons. The van der Waals surface area contributed by atoms with E-state index in [2.05, 4.69) is 15.9 Å². The first kappa shape index (κ1) is 14.7. The van der Waals surface area contributed by atoms with E-state index in [1.165, 1.54) is 4.90 Å². The Morgan fingerprint density at radius 2 is 2.00 bits per heavy atom. The van der Waals surface area contributed by atoms with Crippen molar-refractivity contribution in [2.24, 2.45) is 0 Å².